The van der Waals surface area contributed by atoms with E-state index in [1.807, 2.05) is 4.57 Å². The molecule has 0 radical (unpaired) electrons. The second kappa shape index (κ2) is 4.45. The molecule has 0 unspecified atom stereocenters. The molecule has 84 valence electrons. The van der Waals surface area contributed by atoms with Crippen LogP contribution in [0.15, 0.2) is 24.5 Å². The number of nitrogens with zero attached hydrogens (tertiary/aromatic N) is 3. The largest absolute Gasteiger partial charge is 0.330 e. The smallest absolute Gasteiger partial charge is 0.138 e. The second-order valence-corrected chi connectivity index (χ2v) is 3.92. The molecule has 2 rings (SSSR count). The van der Waals surface area contributed by atoms with E-state index in [1.54, 1.807) is 6.33 Å². The third kappa shape index (κ3) is 1.97. The molecular formula is C12H16N4. The van der Waals surface area contributed by atoms with Gasteiger partial charge in [0.1, 0.15) is 12.2 Å². The summed E-state index contributed by atoms with van der Waals surface area (Å²) in [6.45, 7) is 4.79. The maximum atomic E-state index is 5.54. The molecule has 4 nitrogen and oxygen atoms in total. The molecule has 16 heavy (non-hydrogen) atoms. The zero-order valence-electron chi connectivity index (χ0n) is 9.64. The highest BCUT2D eigenvalue weighted by Gasteiger charge is 2.05. The van der Waals surface area contributed by atoms with E-state index in [1.165, 1.54) is 11.1 Å². The highest BCUT2D eigenvalue weighted by molar-refractivity contribution is 5.40. The Morgan fingerprint density at radius 1 is 1.25 bits per heavy atom. The van der Waals surface area contributed by atoms with Gasteiger partial charge in [0.25, 0.3) is 0 Å². The van der Waals surface area contributed by atoms with Gasteiger partial charge in [-0.3, -0.25) is 4.57 Å². The van der Waals surface area contributed by atoms with Crippen LogP contribution in [-0.2, 0) is 6.42 Å². The minimum atomic E-state index is 0.587. The summed E-state index contributed by atoms with van der Waals surface area (Å²) in [7, 11) is 0. The molecule has 0 fully saturated rings. The summed E-state index contributed by atoms with van der Waals surface area (Å²) in [5.74, 6) is 0.908. The third-order valence-electron chi connectivity index (χ3n) is 2.75. The molecule has 0 saturated carbocycles. The predicted octanol–water partition coefficient (Wildman–Crippen LogP) is 1.39. The van der Waals surface area contributed by atoms with Gasteiger partial charge in [-0.15, -0.1) is 10.2 Å². The summed E-state index contributed by atoms with van der Waals surface area (Å²) in [6, 6.07) is 6.32. The molecular weight excluding hydrogens is 200 g/mol. The average molecular weight is 216 g/mol. The molecule has 0 aliphatic rings. The van der Waals surface area contributed by atoms with Crippen LogP contribution in [0.5, 0.6) is 0 Å². The van der Waals surface area contributed by atoms with Crippen LogP contribution >= 0.6 is 0 Å². The maximum absolute atomic E-state index is 5.54. The summed E-state index contributed by atoms with van der Waals surface area (Å²) in [5, 5.41) is 7.99. The van der Waals surface area contributed by atoms with Crippen molar-refractivity contribution in [1.29, 1.82) is 0 Å². The van der Waals surface area contributed by atoms with Crippen molar-refractivity contribution in [1.82, 2.24) is 14.8 Å². The molecule has 1 aromatic carbocycles. The lowest BCUT2D eigenvalue weighted by Gasteiger charge is -2.08. The number of nitrogens with two attached hydrogens (primary N) is 1. The molecule has 0 aliphatic carbocycles. The normalized spacial score (nSPS) is 10.7. The van der Waals surface area contributed by atoms with Crippen molar-refractivity contribution < 1.29 is 0 Å². The van der Waals surface area contributed by atoms with E-state index in [2.05, 4.69) is 42.2 Å². The summed E-state index contributed by atoms with van der Waals surface area (Å²) in [6.07, 6.45) is 2.47. The highest BCUT2D eigenvalue weighted by atomic mass is 15.3. The summed E-state index contributed by atoms with van der Waals surface area (Å²) in [4.78, 5) is 0. The van der Waals surface area contributed by atoms with E-state index in [9.17, 15) is 0 Å². The van der Waals surface area contributed by atoms with Gasteiger partial charge in [0.15, 0.2) is 0 Å². The third-order valence-corrected chi connectivity index (χ3v) is 2.75. The van der Waals surface area contributed by atoms with Crippen LogP contribution < -0.4 is 5.73 Å². The summed E-state index contributed by atoms with van der Waals surface area (Å²) >= 11 is 0. The molecule has 0 bridgehead atoms. The number of rotatable bonds is 3. The van der Waals surface area contributed by atoms with Crippen molar-refractivity contribution in [2.24, 2.45) is 5.73 Å². The molecule has 0 saturated heterocycles. The molecule has 0 spiro atoms. The summed E-state index contributed by atoms with van der Waals surface area (Å²) < 4.78 is 1.99. The van der Waals surface area contributed by atoms with E-state index in [-0.39, 0.29) is 0 Å². The Morgan fingerprint density at radius 3 is 2.75 bits per heavy atom. The van der Waals surface area contributed by atoms with Gasteiger partial charge >= 0.3 is 0 Å². The Morgan fingerprint density at radius 2 is 2.06 bits per heavy atom. The van der Waals surface area contributed by atoms with Crippen LogP contribution in [0.1, 0.15) is 17.0 Å². The van der Waals surface area contributed by atoms with Gasteiger partial charge < -0.3 is 5.73 Å². The quantitative estimate of drug-likeness (QED) is 0.843. The fraction of sp³-hybridized carbons (Fsp3) is 0.333. The van der Waals surface area contributed by atoms with Crippen LogP contribution in [0.3, 0.4) is 0 Å². The number of aromatic nitrogens is 3. The van der Waals surface area contributed by atoms with Crippen molar-refractivity contribution >= 4 is 0 Å². The Kier molecular flexibility index (Phi) is 3.01. The second-order valence-electron chi connectivity index (χ2n) is 3.92. The molecule has 1 aromatic heterocycles. The van der Waals surface area contributed by atoms with Gasteiger partial charge in [-0.1, -0.05) is 6.07 Å². The Labute approximate surface area is 95.1 Å². The lowest BCUT2D eigenvalue weighted by Crippen LogP contribution is -2.08. The first-order valence-corrected chi connectivity index (χ1v) is 5.39. The van der Waals surface area contributed by atoms with Crippen molar-refractivity contribution in [3.63, 3.8) is 0 Å². The highest BCUT2D eigenvalue weighted by Crippen LogP contribution is 2.15. The molecule has 4 heteroatoms. The maximum Gasteiger partial charge on any atom is 0.138 e. The SMILES string of the molecule is Cc1ccc(-n2cnnc2CCN)cc1C. The van der Waals surface area contributed by atoms with Crippen LogP contribution in [0.4, 0.5) is 0 Å². The monoisotopic (exact) mass is 216 g/mol. The molecule has 1 heterocycles. The van der Waals surface area contributed by atoms with Crippen molar-refractivity contribution in [2.45, 2.75) is 20.3 Å². The van der Waals surface area contributed by atoms with Gasteiger partial charge in [0, 0.05) is 12.1 Å². The van der Waals surface area contributed by atoms with Crippen LogP contribution in [0, 0.1) is 13.8 Å². The average Bonchev–Trinajstić information content (AvgIpc) is 2.71. The first kappa shape index (κ1) is 10.8. The standard InChI is InChI=1S/C12H16N4/c1-9-3-4-11(7-10(9)2)16-8-14-15-12(16)5-6-13/h3-4,7-8H,5-6,13H2,1-2H3. The summed E-state index contributed by atoms with van der Waals surface area (Å²) in [5.41, 5.74) is 9.19. The molecule has 0 atom stereocenters. The van der Waals surface area contributed by atoms with E-state index in [0.29, 0.717) is 6.54 Å². The van der Waals surface area contributed by atoms with E-state index < -0.39 is 0 Å². The van der Waals surface area contributed by atoms with Gasteiger partial charge in [0.05, 0.1) is 0 Å². The molecule has 0 amide bonds. The van der Waals surface area contributed by atoms with Gasteiger partial charge in [-0.25, -0.2) is 0 Å². The minimum Gasteiger partial charge on any atom is -0.330 e. The Hall–Kier alpha value is -1.68. The van der Waals surface area contributed by atoms with Crippen molar-refractivity contribution in [2.75, 3.05) is 6.54 Å². The van der Waals surface area contributed by atoms with Crippen LogP contribution in [0.2, 0.25) is 0 Å². The fourth-order valence-electron chi connectivity index (χ4n) is 1.65. The van der Waals surface area contributed by atoms with E-state index in [0.717, 1.165) is 17.9 Å². The van der Waals surface area contributed by atoms with Crippen molar-refractivity contribution in [3.8, 4) is 5.69 Å². The first-order valence-electron chi connectivity index (χ1n) is 5.39. The zero-order valence-corrected chi connectivity index (χ0v) is 9.64. The van der Waals surface area contributed by atoms with Gasteiger partial charge in [-0.2, -0.15) is 0 Å². The topological polar surface area (TPSA) is 56.7 Å². The Balaban J connectivity index is 2.42. The lowest BCUT2D eigenvalue weighted by atomic mass is 10.1. The number of hydrogen-bond acceptors (Lipinski definition) is 3. The number of aryl methyl sites for hydroxylation is 2. The predicted molar refractivity (Wildman–Crippen MR) is 63.6 cm³/mol. The lowest BCUT2D eigenvalue weighted by molar-refractivity contribution is 0.829. The van der Waals surface area contributed by atoms with Gasteiger partial charge in [-0.05, 0) is 43.7 Å². The van der Waals surface area contributed by atoms with Crippen molar-refractivity contribution in [3.05, 3.63) is 41.5 Å². The van der Waals surface area contributed by atoms with E-state index >= 15 is 0 Å². The number of hydrogen-bond donors (Lipinski definition) is 1. The fourth-order valence-corrected chi connectivity index (χ4v) is 1.65. The molecule has 2 N–H and O–H groups in total. The molecule has 2 aromatic rings. The Bertz CT molecular complexity index is 488. The van der Waals surface area contributed by atoms with Crippen LogP contribution in [-0.4, -0.2) is 21.3 Å². The number of benzene rings is 1. The van der Waals surface area contributed by atoms with Crippen LogP contribution in [0.25, 0.3) is 5.69 Å². The minimum absolute atomic E-state index is 0.587. The van der Waals surface area contributed by atoms with Gasteiger partial charge in [0.2, 0.25) is 0 Å². The molecule has 0 aliphatic heterocycles. The van der Waals surface area contributed by atoms with E-state index in [4.69, 9.17) is 5.73 Å². The first-order chi connectivity index (χ1) is 7.72. The zero-order chi connectivity index (χ0) is 11.5.